The number of aromatic nitrogens is 3. The van der Waals surface area contributed by atoms with Crippen LogP contribution in [0.2, 0.25) is 0 Å². The van der Waals surface area contributed by atoms with Crippen molar-refractivity contribution in [3.63, 3.8) is 0 Å². The number of hydrogen-bond acceptors (Lipinski definition) is 2. The van der Waals surface area contributed by atoms with Crippen LogP contribution in [0.4, 0.5) is 0 Å². The van der Waals surface area contributed by atoms with Gasteiger partial charge in [0.1, 0.15) is 6.33 Å². The third-order valence-corrected chi connectivity index (χ3v) is 4.30. The molecule has 0 radical (unpaired) electrons. The van der Waals surface area contributed by atoms with E-state index in [0.717, 1.165) is 12.2 Å². The van der Waals surface area contributed by atoms with E-state index in [-0.39, 0.29) is 0 Å². The van der Waals surface area contributed by atoms with Gasteiger partial charge in [-0.25, -0.2) is 4.98 Å². The fraction of sp³-hybridized carbons (Fsp3) is 0.818. The van der Waals surface area contributed by atoms with Gasteiger partial charge in [0.25, 0.3) is 0 Å². The first-order valence-corrected chi connectivity index (χ1v) is 6.40. The second kappa shape index (κ2) is 3.89. The zero-order valence-electron chi connectivity index (χ0n) is 9.57. The standard InChI is InChI=1S/C11H18BrN3/c1-11(2)5-4-8(12)6-9(11)10-13-7-15(3)14-10/h7-9H,4-6H2,1-3H3. The highest BCUT2D eigenvalue weighted by molar-refractivity contribution is 9.09. The van der Waals surface area contributed by atoms with E-state index in [0.29, 0.717) is 16.2 Å². The van der Waals surface area contributed by atoms with Gasteiger partial charge in [-0.1, -0.05) is 29.8 Å². The van der Waals surface area contributed by atoms with Crippen LogP contribution in [0, 0.1) is 5.41 Å². The molecular formula is C11H18BrN3. The zero-order chi connectivity index (χ0) is 11.1. The summed E-state index contributed by atoms with van der Waals surface area (Å²) in [5, 5.41) is 4.45. The molecule has 1 aliphatic rings. The molecule has 2 rings (SSSR count). The van der Waals surface area contributed by atoms with Gasteiger partial charge in [0.2, 0.25) is 0 Å². The van der Waals surface area contributed by atoms with Crippen molar-refractivity contribution in [1.29, 1.82) is 0 Å². The Morgan fingerprint density at radius 2 is 2.27 bits per heavy atom. The lowest BCUT2D eigenvalue weighted by Crippen LogP contribution is -2.31. The molecule has 1 saturated carbocycles. The number of hydrogen-bond donors (Lipinski definition) is 0. The first-order chi connectivity index (χ1) is 6.99. The van der Waals surface area contributed by atoms with E-state index in [9.17, 15) is 0 Å². The third-order valence-electron chi connectivity index (χ3n) is 3.47. The lowest BCUT2D eigenvalue weighted by atomic mass is 9.68. The van der Waals surface area contributed by atoms with Crippen LogP contribution in [-0.4, -0.2) is 19.6 Å². The quantitative estimate of drug-likeness (QED) is 0.736. The molecule has 0 amide bonds. The van der Waals surface area contributed by atoms with Crippen LogP contribution in [0.1, 0.15) is 44.9 Å². The Hall–Kier alpha value is -0.380. The maximum atomic E-state index is 4.45. The zero-order valence-corrected chi connectivity index (χ0v) is 11.2. The first kappa shape index (κ1) is 11.1. The maximum absolute atomic E-state index is 4.45. The van der Waals surface area contributed by atoms with Crippen molar-refractivity contribution >= 4 is 15.9 Å². The summed E-state index contributed by atoms with van der Waals surface area (Å²) < 4.78 is 1.79. The second-order valence-corrected chi connectivity index (χ2v) is 6.48. The number of aryl methyl sites for hydroxylation is 1. The molecule has 0 aromatic carbocycles. The number of nitrogens with zero attached hydrogens (tertiary/aromatic N) is 3. The summed E-state index contributed by atoms with van der Waals surface area (Å²) in [4.78, 5) is 5.02. The molecule has 0 N–H and O–H groups in total. The Morgan fingerprint density at radius 3 is 2.87 bits per heavy atom. The number of rotatable bonds is 1. The van der Waals surface area contributed by atoms with Crippen molar-refractivity contribution in [1.82, 2.24) is 14.8 Å². The van der Waals surface area contributed by atoms with Crippen LogP contribution >= 0.6 is 15.9 Å². The maximum Gasteiger partial charge on any atom is 0.154 e. The van der Waals surface area contributed by atoms with Crippen molar-refractivity contribution < 1.29 is 0 Å². The van der Waals surface area contributed by atoms with E-state index in [4.69, 9.17) is 0 Å². The molecule has 1 aromatic rings. The van der Waals surface area contributed by atoms with E-state index in [1.54, 1.807) is 11.0 Å². The van der Waals surface area contributed by atoms with Gasteiger partial charge in [-0.2, -0.15) is 5.10 Å². The Bertz CT molecular complexity index is 345. The molecule has 84 valence electrons. The summed E-state index contributed by atoms with van der Waals surface area (Å²) in [5.41, 5.74) is 0.325. The highest BCUT2D eigenvalue weighted by Crippen LogP contribution is 2.47. The van der Waals surface area contributed by atoms with Gasteiger partial charge in [0, 0.05) is 17.8 Å². The second-order valence-electron chi connectivity index (χ2n) is 5.19. The Labute approximate surface area is 99.4 Å². The first-order valence-electron chi connectivity index (χ1n) is 5.48. The molecule has 0 bridgehead atoms. The van der Waals surface area contributed by atoms with Gasteiger partial charge in [-0.15, -0.1) is 0 Å². The average Bonchev–Trinajstić information content (AvgIpc) is 2.56. The van der Waals surface area contributed by atoms with E-state index >= 15 is 0 Å². The van der Waals surface area contributed by atoms with Gasteiger partial charge in [-0.05, 0) is 24.7 Å². The third kappa shape index (κ3) is 2.25. The van der Waals surface area contributed by atoms with Crippen LogP contribution in [0.3, 0.4) is 0 Å². The van der Waals surface area contributed by atoms with Crippen LogP contribution in [0.25, 0.3) is 0 Å². The predicted octanol–water partition coefficient (Wildman–Crippen LogP) is 2.87. The Balaban J connectivity index is 2.25. The van der Waals surface area contributed by atoms with Crippen molar-refractivity contribution in [2.75, 3.05) is 0 Å². The molecule has 1 heterocycles. The lowest BCUT2D eigenvalue weighted by molar-refractivity contribution is 0.198. The molecule has 2 atom stereocenters. The van der Waals surface area contributed by atoms with Gasteiger partial charge in [0.05, 0.1) is 0 Å². The molecule has 0 spiro atoms. The van der Waals surface area contributed by atoms with Crippen LogP contribution < -0.4 is 0 Å². The highest BCUT2D eigenvalue weighted by Gasteiger charge is 2.38. The topological polar surface area (TPSA) is 30.7 Å². The van der Waals surface area contributed by atoms with Crippen LogP contribution in [0.5, 0.6) is 0 Å². The Kier molecular flexibility index (Phi) is 2.88. The van der Waals surface area contributed by atoms with Crippen LogP contribution in [0.15, 0.2) is 6.33 Å². The van der Waals surface area contributed by atoms with E-state index in [1.807, 2.05) is 7.05 Å². The van der Waals surface area contributed by atoms with Gasteiger partial charge in [0.15, 0.2) is 5.82 Å². The van der Waals surface area contributed by atoms with Crippen LogP contribution in [-0.2, 0) is 7.05 Å². The molecule has 0 saturated heterocycles. The summed E-state index contributed by atoms with van der Waals surface area (Å²) in [6, 6.07) is 0. The SMILES string of the molecule is Cn1cnc(C2CC(Br)CCC2(C)C)n1. The summed E-state index contributed by atoms with van der Waals surface area (Å²) in [5.74, 6) is 1.49. The molecule has 15 heavy (non-hydrogen) atoms. The largest absolute Gasteiger partial charge is 0.256 e. The molecular weight excluding hydrogens is 254 g/mol. The fourth-order valence-electron chi connectivity index (χ4n) is 2.37. The monoisotopic (exact) mass is 271 g/mol. The minimum Gasteiger partial charge on any atom is -0.256 e. The molecule has 3 nitrogen and oxygen atoms in total. The summed E-state index contributed by atoms with van der Waals surface area (Å²) >= 11 is 3.72. The average molecular weight is 272 g/mol. The normalized spacial score (nSPS) is 30.4. The van der Waals surface area contributed by atoms with Gasteiger partial charge < -0.3 is 0 Å². The number of alkyl halides is 1. The summed E-state index contributed by atoms with van der Waals surface area (Å²) in [6.45, 7) is 4.65. The number of halogens is 1. The smallest absolute Gasteiger partial charge is 0.154 e. The van der Waals surface area contributed by atoms with Crippen molar-refractivity contribution in [2.24, 2.45) is 12.5 Å². The highest BCUT2D eigenvalue weighted by atomic mass is 79.9. The lowest BCUT2D eigenvalue weighted by Gasteiger charge is -2.39. The van der Waals surface area contributed by atoms with Crippen molar-refractivity contribution in [3.05, 3.63) is 12.2 Å². The summed E-state index contributed by atoms with van der Waals surface area (Å²) in [7, 11) is 1.93. The van der Waals surface area contributed by atoms with Crippen molar-refractivity contribution in [2.45, 2.75) is 43.9 Å². The molecule has 1 aliphatic carbocycles. The molecule has 4 heteroatoms. The fourth-order valence-corrected chi connectivity index (χ4v) is 2.97. The minimum atomic E-state index is 0.325. The summed E-state index contributed by atoms with van der Waals surface area (Å²) in [6.07, 6.45) is 5.45. The van der Waals surface area contributed by atoms with E-state index < -0.39 is 0 Å². The van der Waals surface area contributed by atoms with E-state index in [1.165, 1.54) is 12.8 Å². The van der Waals surface area contributed by atoms with Gasteiger partial charge >= 0.3 is 0 Å². The molecule has 2 unspecified atom stereocenters. The minimum absolute atomic E-state index is 0.325. The predicted molar refractivity (Wildman–Crippen MR) is 64.1 cm³/mol. The molecule has 1 fully saturated rings. The molecule has 1 aromatic heterocycles. The van der Waals surface area contributed by atoms with E-state index in [2.05, 4.69) is 39.9 Å². The molecule has 0 aliphatic heterocycles. The Morgan fingerprint density at radius 1 is 1.53 bits per heavy atom. The van der Waals surface area contributed by atoms with Crippen molar-refractivity contribution in [3.8, 4) is 0 Å². The van der Waals surface area contributed by atoms with Gasteiger partial charge in [-0.3, -0.25) is 4.68 Å².